The Bertz CT molecular complexity index is 1030. The van der Waals surface area contributed by atoms with Crippen molar-refractivity contribution in [2.75, 3.05) is 20.3 Å². The second-order valence-electron chi connectivity index (χ2n) is 9.32. The molecule has 2 N–H and O–H groups in total. The Kier molecular flexibility index (Phi) is 11.8. The van der Waals surface area contributed by atoms with Gasteiger partial charge in [-0.05, 0) is 37.1 Å². The summed E-state index contributed by atoms with van der Waals surface area (Å²) in [4.78, 5) is 12.1. The SMILES string of the molecule is COc1cc(C2=C(OC(C)=O)C(OCCCCCCCCCCCCO)c3ccccc3O2)ccc1O. The molecule has 37 heavy (non-hydrogen) atoms. The standard InChI is InChI=1S/C30H40O7/c1-22(32)36-30-28(23-17-18-25(33)27(21-23)34-2)37-26-16-12-11-15-24(26)29(30)35-20-14-10-8-6-4-3-5-7-9-13-19-31/h11-12,15-18,21,29,31,33H,3-10,13-14,19-20H2,1-2H3. The first-order chi connectivity index (χ1) is 18.0. The van der Waals surface area contributed by atoms with E-state index >= 15 is 0 Å². The predicted octanol–water partition coefficient (Wildman–Crippen LogP) is 6.68. The molecule has 2 aromatic carbocycles. The highest BCUT2D eigenvalue weighted by Crippen LogP contribution is 2.44. The van der Waals surface area contributed by atoms with Gasteiger partial charge in [-0.1, -0.05) is 69.6 Å². The van der Waals surface area contributed by atoms with E-state index in [1.165, 1.54) is 52.2 Å². The summed E-state index contributed by atoms with van der Waals surface area (Å²) in [5.41, 5.74) is 1.40. The molecule has 1 atom stereocenters. The molecule has 3 rings (SSSR count). The van der Waals surface area contributed by atoms with Crippen LogP contribution in [0.5, 0.6) is 17.2 Å². The number of aliphatic hydroxyl groups excluding tert-OH is 1. The minimum Gasteiger partial charge on any atom is -0.504 e. The van der Waals surface area contributed by atoms with E-state index in [-0.39, 0.29) is 11.5 Å². The summed E-state index contributed by atoms with van der Waals surface area (Å²) in [5, 5.41) is 18.9. The van der Waals surface area contributed by atoms with Gasteiger partial charge in [0.15, 0.2) is 23.0 Å². The lowest BCUT2D eigenvalue weighted by Crippen LogP contribution is -2.21. The summed E-state index contributed by atoms with van der Waals surface area (Å²) in [6.07, 6.45) is 10.7. The Morgan fingerprint density at radius 3 is 2.22 bits per heavy atom. The number of fused-ring (bicyclic) bond motifs is 1. The van der Waals surface area contributed by atoms with Crippen molar-refractivity contribution in [1.29, 1.82) is 0 Å². The molecule has 1 aliphatic rings. The van der Waals surface area contributed by atoms with E-state index in [1.807, 2.05) is 24.3 Å². The van der Waals surface area contributed by atoms with E-state index in [9.17, 15) is 9.90 Å². The summed E-state index contributed by atoms with van der Waals surface area (Å²) in [5.74, 6) is 1.11. The Morgan fingerprint density at radius 2 is 1.57 bits per heavy atom. The summed E-state index contributed by atoms with van der Waals surface area (Å²) in [7, 11) is 1.47. The lowest BCUT2D eigenvalue weighted by Gasteiger charge is -2.30. The molecule has 202 valence electrons. The van der Waals surface area contributed by atoms with Crippen LogP contribution >= 0.6 is 0 Å². The van der Waals surface area contributed by atoms with Crippen LogP contribution in [0, 0.1) is 0 Å². The lowest BCUT2D eigenvalue weighted by atomic mass is 10.00. The van der Waals surface area contributed by atoms with E-state index in [1.54, 1.807) is 12.1 Å². The predicted molar refractivity (Wildman–Crippen MR) is 142 cm³/mol. The number of carbonyl (C=O) groups is 1. The first-order valence-corrected chi connectivity index (χ1v) is 13.3. The third-order valence-corrected chi connectivity index (χ3v) is 6.41. The normalized spacial score (nSPS) is 14.7. The number of rotatable bonds is 16. The molecule has 1 unspecified atom stereocenters. The van der Waals surface area contributed by atoms with Crippen molar-refractivity contribution in [3.63, 3.8) is 0 Å². The molecule has 0 bridgehead atoms. The van der Waals surface area contributed by atoms with Crippen molar-refractivity contribution in [1.82, 2.24) is 0 Å². The van der Waals surface area contributed by atoms with Gasteiger partial charge in [0.1, 0.15) is 11.9 Å². The highest BCUT2D eigenvalue weighted by Gasteiger charge is 2.34. The Labute approximate surface area is 220 Å². The molecule has 0 aromatic heterocycles. The molecule has 1 heterocycles. The van der Waals surface area contributed by atoms with Crippen LogP contribution in [0.4, 0.5) is 0 Å². The van der Waals surface area contributed by atoms with Gasteiger partial charge >= 0.3 is 5.97 Å². The molecule has 7 nitrogen and oxygen atoms in total. The van der Waals surface area contributed by atoms with Crippen LogP contribution in [0.15, 0.2) is 48.2 Å². The molecule has 2 aromatic rings. The van der Waals surface area contributed by atoms with Gasteiger partial charge < -0.3 is 29.2 Å². The number of ether oxygens (including phenoxy) is 4. The average Bonchev–Trinajstić information content (AvgIpc) is 2.90. The molecule has 0 aliphatic carbocycles. The van der Waals surface area contributed by atoms with E-state index in [4.69, 9.17) is 24.1 Å². The zero-order chi connectivity index (χ0) is 26.5. The third-order valence-electron chi connectivity index (χ3n) is 6.41. The van der Waals surface area contributed by atoms with Crippen LogP contribution in [0.1, 0.15) is 88.4 Å². The second-order valence-corrected chi connectivity index (χ2v) is 9.32. The number of esters is 1. The molecule has 1 aliphatic heterocycles. The van der Waals surface area contributed by atoms with Crippen molar-refractivity contribution in [3.05, 3.63) is 59.4 Å². The number of phenolic OH excluding ortho intramolecular Hbond substituents is 1. The van der Waals surface area contributed by atoms with E-state index in [0.717, 1.165) is 37.7 Å². The van der Waals surface area contributed by atoms with Crippen LogP contribution in [0.25, 0.3) is 5.76 Å². The van der Waals surface area contributed by atoms with Crippen molar-refractivity contribution in [2.45, 2.75) is 77.2 Å². The van der Waals surface area contributed by atoms with Crippen molar-refractivity contribution < 1.29 is 34.0 Å². The molecule has 0 saturated carbocycles. The second kappa shape index (κ2) is 15.3. The fraction of sp³-hybridized carbons (Fsp3) is 0.500. The maximum atomic E-state index is 12.1. The number of methoxy groups -OCH3 is 1. The highest BCUT2D eigenvalue weighted by molar-refractivity contribution is 5.75. The summed E-state index contributed by atoms with van der Waals surface area (Å²) < 4.78 is 23.4. The Balaban J connectivity index is 1.64. The van der Waals surface area contributed by atoms with Crippen molar-refractivity contribution in [3.8, 4) is 17.2 Å². The number of aromatic hydroxyl groups is 1. The number of para-hydroxylation sites is 1. The molecule has 0 fully saturated rings. The van der Waals surface area contributed by atoms with E-state index < -0.39 is 12.1 Å². The number of benzene rings is 2. The molecule has 0 spiro atoms. The Morgan fingerprint density at radius 1 is 0.919 bits per heavy atom. The largest absolute Gasteiger partial charge is 0.504 e. The highest BCUT2D eigenvalue weighted by atomic mass is 16.6. The number of unbranched alkanes of at least 4 members (excludes halogenated alkanes) is 9. The molecule has 7 heteroatoms. The zero-order valence-electron chi connectivity index (χ0n) is 22.0. The molecular formula is C30H40O7. The quantitative estimate of drug-likeness (QED) is 0.191. The van der Waals surface area contributed by atoms with Gasteiger partial charge in [0.05, 0.1) is 7.11 Å². The van der Waals surface area contributed by atoms with Gasteiger partial charge in [0.2, 0.25) is 0 Å². The number of aliphatic hydroxyl groups is 1. The lowest BCUT2D eigenvalue weighted by molar-refractivity contribution is -0.139. The number of carbonyl (C=O) groups excluding carboxylic acids is 1. The maximum absolute atomic E-state index is 12.1. The van der Waals surface area contributed by atoms with Crippen molar-refractivity contribution >= 4 is 11.7 Å². The van der Waals surface area contributed by atoms with Crippen LogP contribution in [-0.4, -0.2) is 36.5 Å². The number of hydrogen-bond acceptors (Lipinski definition) is 7. The first kappa shape index (κ1) is 28.5. The minimum atomic E-state index is -0.595. The smallest absolute Gasteiger partial charge is 0.307 e. The zero-order valence-corrected chi connectivity index (χ0v) is 22.0. The molecule has 0 saturated heterocycles. The first-order valence-electron chi connectivity index (χ1n) is 13.3. The van der Waals surface area contributed by atoms with Gasteiger partial charge in [-0.15, -0.1) is 0 Å². The van der Waals surface area contributed by atoms with Gasteiger partial charge in [-0.2, -0.15) is 0 Å². The van der Waals surface area contributed by atoms with E-state index in [0.29, 0.717) is 36.0 Å². The van der Waals surface area contributed by atoms with E-state index in [2.05, 4.69) is 0 Å². The fourth-order valence-corrected chi connectivity index (χ4v) is 4.48. The molecule has 0 radical (unpaired) electrons. The average molecular weight is 513 g/mol. The maximum Gasteiger partial charge on any atom is 0.307 e. The van der Waals surface area contributed by atoms with Gasteiger partial charge in [-0.25, -0.2) is 0 Å². The van der Waals surface area contributed by atoms with Crippen LogP contribution < -0.4 is 9.47 Å². The number of phenols is 1. The summed E-state index contributed by atoms with van der Waals surface area (Å²) in [6.45, 7) is 2.18. The Hall–Kier alpha value is -3.03. The van der Waals surface area contributed by atoms with Gasteiger partial charge in [-0.3, -0.25) is 4.79 Å². The van der Waals surface area contributed by atoms with Crippen LogP contribution in [-0.2, 0) is 14.3 Å². The monoisotopic (exact) mass is 512 g/mol. The molecule has 0 amide bonds. The van der Waals surface area contributed by atoms with Gasteiger partial charge in [0, 0.05) is 31.3 Å². The fourth-order valence-electron chi connectivity index (χ4n) is 4.48. The van der Waals surface area contributed by atoms with Crippen LogP contribution in [0.3, 0.4) is 0 Å². The number of hydrogen-bond donors (Lipinski definition) is 2. The minimum absolute atomic E-state index is 0.00610. The van der Waals surface area contributed by atoms with Crippen molar-refractivity contribution in [2.24, 2.45) is 0 Å². The topological polar surface area (TPSA) is 94.5 Å². The summed E-state index contributed by atoms with van der Waals surface area (Å²) in [6, 6.07) is 12.4. The third kappa shape index (κ3) is 8.51. The van der Waals surface area contributed by atoms with Gasteiger partial charge in [0.25, 0.3) is 0 Å². The summed E-state index contributed by atoms with van der Waals surface area (Å²) >= 11 is 0. The van der Waals surface area contributed by atoms with Crippen LogP contribution in [0.2, 0.25) is 0 Å². The molecular weight excluding hydrogens is 472 g/mol.